The van der Waals surface area contributed by atoms with Crippen LogP contribution in [0.25, 0.3) is 0 Å². The molecule has 1 amide bonds. The van der Waals surface area contributed by atoms with E-state index in [0.717, 1.165) is 12.8 Å². The van der Waals surface area contributed by atoms with Crippen LogP contribution in [0.1, 0.15) is 23.2 Å². The number of aromatic hydroxyl groups is 2. The molecule has 4 heteroatoms. The van der Waals surface area contributed by atoms with Gasteiger partial charge in [-0.05, 0) is 25.0 Å². The lowest BCUT2D eigenvalue weighted by Crippen LogP contribution is -2.32. The Balaban J connectivity index is 2.08. The van der Waals surface area contributed by atoms with E-state index in [1.807, 2.05) is 12.2 Å². The van der Waals surface area contributed by atoms with Crippen LogP contribution in [0.3, 0.4) is 0 Å². The normalized spacial score (nSPS) is 15.2. The molecule has 0 fully saturated rings. The van der Waals surface area contributed by atoms with Crippen LogP contribution in [-0.4, -0.2) is 22.2 Å². The van der Waals surface area contributed by atoms with Crippen molar-refractivity contribution in [3.8, 4) is 11.5 Å². The van der Waals surface area contributed by atoms with Crippen molar-refractivity contribution in [2.24, 2.45) is 0 Å². The van der Waals surface area contributed by atoms with Gasteiger partial charge in [0.2, 0.25) is 0 Å². The maximum absolute atomic E-state index is 11.7. The molecule has 16 heavy (non-hydrogen) atoms. The standard InChI is InChI=1S/C12H13NO3/c14-10-5-8(6-11(15)7-10)12(16)13-9-3-1-2-4-9/h1-2,5-7,9,14-15H,3-4H2,(H,13,16). The molecule has 0 bridgehead atoms. The topological polar surface area (TPSA) is 69.6 Å². The summed E-state index contributed by atoms with van der Waals surface area (Å²) < 4.78 is 0. The molecule has 0 spiro atoms. The molecule has 4 nitrogen and oxygen atoms in total. The van der Waals surface area contributed by atoms with Crippen LogP contribution < -0.4 is 5.32 Å². The molecule has 0 aliphatic heterocycles. The summed E-state index contributed by atoms with van der Waals surface area (Å²) in [6.45, 7) is 0. The van der Waals surface area contributed by atoms with Crippen molar-refractivity contribution in [1.82, 2.24) is 5.32 Å². The van der Waals surface area contributed by atoms with E-state index in [1.54, 1.807) is 0 Å². The van der Waals surface area contributed by atoms with Gasteiger partial charge in [-0.1, -0.05) is 12.2 Å². The lowest BCUT2D eigenvalue weighted by molar-refractivity contribution is 0.0938. The minimum atomic E-state index is -0.278. The zero-order chi connectivity index (χ0) is 11.5. The van der Waals surface area contributed by atoms with E-state index in [0.29, 0.717) is 0 Å². The lowest BCUT2D eigenvalue weighted by atomic mass is 10.1. The molecule has 0 atom stereocenters. The van der Waals surface area contributed by atoms with Gasteiger partial charge in [-0.15, -0.1) is 0 Å². The first-order valence-electron chi connectivity index (χ1n) is 5.14. The third kappa shape index (κ3) is 2.34. The Hall–Kier alpha value is -1.97. The van der Waals surface area contributed by atoms with Crippen LogP contribution in [0.5, 0.6) is 11.5 Å². The van der Waals surface area contributed by atoms with Gasteiger partial charge >= 0.3 is 0 Å². The number of carbonyl (C=O) groups is 1. The molecule has 0 unspecified atom stereocenters. The van der Waals surface area contributed by atoms with Crippen molar-refractivity contribution in [3.63, 3.8) is 0 Å². The van der Waals surface area contributed by atoms with Crippen molar-refractivity contribution in [1.29, 1.82) is 0 Å². The quantitative estimate of drug-likeness (QED) is 0.661. The number of nitrogens with one attached hydrogen (secondary N) is 1. The average molecular weight is 219 g/mol. The fraction of sp³-hybridized carbons (Fsp3) is 0.250. The van der Waals surface area contributed by atoms with Crippen molar-refractivity contribution >= 4 is 5.91 Å². The molecule has 2 rings (SSSR count). The van der Waals surface area contributed by atoms with Crippen LogP contribution in [0, 0.1) is 0 Å². The predicted octanol–water partition coefficient (Wildman–Crippen LogP) is 1.55. The molecule has 1 aromatic rings. The minimum Gasteiger partial charge on any atom is -0.508 e. The predicted molar refractivity (Wildman–Crippen MR) is 59.4 cm³/mol. The summed E-state index contributed by atoms with van der Waals surface area (Å²) >= 11 is 0. The Morgan fingerprint density at radius 3 is 2.25 bits per heavy atom. The first kappa shape index (κ1) is 10.5. The van der Waals surface area contributed by atoms with Crippen molar-refractivity contribution in [2.45, 2.75) is 18.9 Å². The number of hydrogen-bond donors (Lipinski definition) is 3. The van der Waals surface area contributed by atoms with Gasteiger partial charge in [-0.3, -0.25) is 4.79 Å². The van der Waals surface area contributed by atoms with Gasteiger partial charge in [0.1, 0.15) is 11.5 Å². The number of amides is 1. The van der Waals surface area contributed by atoms with Crippen LogP contribution >= 0.6 is 0 Å². The van der Waals surface area contributed by atoms with Gasteiger partial charge < -0.3 is 15.5 Å². The molecule has 84 valence electrons. The maximum Gasteiger partial charge on any atom is 0.251 e. The third-order valence-corrected chi connectivity index (χ3v) is 2.51. The number of phenols is 2. The molecular weight excluding hydrogens is 206 g/mol. The molecular formula is C12H13NO3. The van der Waals surface area contributed by atoms with E-state index < -0.39 is 0 Å². The highest BCUT2D eigenvalue weighted by Gasteiger charge is 2.15. The average Bonchev–Trinajstić information content (AvgIpc) is 2.68. The monoisotopic (exact) mass is 219 g/mol. The summed E-state index contributed by atoms with van der Waals surface area (Å²) in [5.41, 5.74) is 0.268. The second-order valence-electron chi connectivity index (χ2n) is 3.85. The second kappa shape index (κ2) is 4.26. The van der Waals surface area contributed by atoms with E-state index in [2.05, 4.69) is 5.32 Å². The lowest BCUT2D eigenvalue weighted by Gasteiger charge is -2.12. The summed E-state index contributed by atoms with van der Waals surface area (Å²) in [6, 6.07) is 3.97. The minimum absolute atomic E-state index is 0.116. The van der Waals surface area contributed by atoms with Crippen molar-refractivity contribution in [2.75, 3.05) is 0 Å². The highest BCUT2D eigenvalue weighted by molar-refractivity contribution is 5.95. The fourth-order valence-corrected chi connectivity index (χ4v) is 1.73. The zero-order valence-electron chi connectivity index (χ0n) is 8.68. The van der Waals surface area contributed by atoms with E-state index in [4.69, 9.17) is 0 Å². The zero-order valence-corrected chi connectivity index (χ0v) is 8.68. The third-order valence-electron chi connectivity index (χ3n) is 2.51. The number of carbonyl (C=O) groups excluding carboxylic acids is 1. The van der Waals surface area contributed by atoms with E-state index in [9.17, 15) is 15.0 Å². The van der Waals surface area contributed by atoms with Crippen LogP contribution in [0.2, 0.25) is 0 Å². The largest absolute Gasteiger partial charge is 0.508 e. The van der Waals surface area contributed by atoms with Crippen LogP contribution in [0.4, 0.5) is 0 Å². The molecule has 0 saturated heterocycles. The Morgan fingerprint density at radius 1 is 1.12 bits per heavy atom. The Kier molecular flexibility index (Phi) is 2.81. The molecule has 0 heterocycles. The maximum atomic E-state index is 11.7. The molecule has 1 aromatic carbocycles. The highest BCUT2D eigenvalue weighted by atomic mass is 16.3. The summed E-state index contributed by atoms with van der Waals surface area (Å²) in [5, 5.41) is 21.3. The summed E-state index contributed by atoms with van der Waals surface area (Å²) in [5.74, 6) is -0.510. The molecule has 1 aliphatic carbocycles. The van der Waals surface area contributed by atoms with Crippen molar-refractivity contribution < 1.29 is 15.0 Å². The van der Waals surface area contributed by atoms with Gasteiger partial charge in [-0.2, -0.15) is 0 Å². The SMILES string of the molecule is O=C(NC1CC=CC1)c1cc(O)cc(O)c1. The van der Waals surface area contributed by atoms with E-state index in [1.165, 1.54) is 18.2 Å². The number of hydrogen-bond acceptors (Lipinski definition) is 3. The Bertz CT molecular complexity index is 412. The number of rotatable bonds is 2. The first-order chi connectivity index (χ1) is 7.65. The van der Waals surface area contributed by atoms with E-state index >= 15 is 0 Å². The summed E-state index contributed by atoms with van der Waals surface area (Å²) in [6.07, 6.45) is 5.70. The van der Waals surface area contributed by atoms with Gasteiger partial charge in [-0.25, -0.2) is 0 Å². The van der Waals surface area contributed by atoms with Gasteiger partial charge in [0, 0.05) is 17.7 Å². The molecule has 0 saturated carbocycles. The second-order valence-corrected chi connectivity index (χ2v) is 3.85. The van der Waals surface area contributed by atoms with Gasteiger partial charge in [0.15, 0.2) is 0 Å². The Labute approximate surface area is 93.2 Å². The molecule has 0 aromatic heterocycles. The Morgan fingerprint density at radius 2 is 1.69 bits per heavy atom. The van der Waals surface area contributed by atoms with Crippen LogP contribution in [0.15, 0.2) is 30.4 Å². The smallest absolute Gasteiger partial charge is 0.251 e. The number of phenolic OH excluding ortho intramolecular Hbond substituents is 2. The fourth-order valence-electron chi connectivity index (χ4n) is 1.73. The summed E-state index contributed by atoms with van der Waals surface area (Å²) in [7, 11) is 0. The van der Waals surface area contributed by atoms with Gasteiger partial charge in [0.25, 0.3) is 5.91 Å². The van der Waals surface area contributed by atoms with Crippen LogP contribution in [-0.2, 0) is 0 Å². The molecule has 3 N–H and O–H groups in total. The first-order valence-corrected chi connectivity index (χ1v) is 5.14. The summed E-state index contributed by atoms with van der Waals surface area (Å²) in [4.78, 5) is 11.7. The van der Waals surface area contributed by atoms with Gasteiger partial charge in [0.05, 0.1) is 0 Å². The van der Waals surface area contributed by atoms with E-state index in [-0.39, 0.29) is 29.0 Å². The highest BCUT2D eigenvalue weighted by Crippen LogP contribution is 2.20. The number of benzene rings is 1. The molecule has 0 radical (unpaired) electrons. The van der Waals surface area contributed by atoms with Crippen molar-refractivity contribution in [3.05, 3.63) is 35.9 Å². The molecule has 1 aliphatic rings.